The van der Waals surface area contributed by atoms with Crippen molar-refractivity contribution >= 4 is 6.16 Å². The minimum atomic E-state index is -1.83. The van der Waals surface area contributed by atoms with Gasteiger partial charge in [-0.05, 0) is 6.42 Å². The van der Waals surface area contributed by atoms with Crippen LogP contribution >= 0.6 is 0 Å². The first kappa shape index (κ1) is 14.4. The van der Waals surface area contributed by atoms with Crippen LogP contribution in [0.4, 0.5) is 4.79 Å². The standard InChI is InChI=1S/C6H12O3.CH2O3/c1-2-3-5(8)6(9)4-7;2-1(3)4/h2,5-9H,1,3-4H2;(H2,2,3,4). The van der Waals surface area contributed by atoms with Crippen molar-refractivity contribution in [2.24, 2.45) is 0 Å². The second-order valence-electron chi connectivity index (χ2n) is 2.12. The molecule has 2 atom stereocenters. The molecule has 0 bridgehead atoms. The molecule has 0 aliphatic carbocycles. The molecular formula is C7H14O6. The van der Waals surface area contributed by atoms with Crippen molar-refractivity contribution in [1.82, 2.24) is 0 Å². The van der Waals surface area contributed by atoms with Gasteiger partial charge in [-0.3, -0.25) is 0 Å². The van der Waals surface area contributed by atoms with E-state index in [1.165, 1.54) is 6.08 Å². The molecule has 0 amide bonds. The highest BCUT2D eigenvalue weighted by Gasteiger charge is 2.11. The van der Waals surface area contributed by atoms with Crippen molar-refractivity contribution in [3.8, 4) is 0 Å². The Hall–Kier alpha value is -1.11. The third kappa shape index (κ3) is 13.8. The summed E-state index contributed by atoms with van der Waals surface area (Å²) in [7, 11) is 0. The Morgan fingerprint density at radius 1 is 1.31 bits per heavy atom. The van der Waals surface area contributed by atoms with Crippen LogP contribution in [0.2, 0.25) is 0 Å². The van der Waals surface area contributed by atoms with Gasteiger partial charge in [0, 0.05) is 0 Å². The minimum absolute atomic E-state index is 0.307. The Morgan fingerprint density at radius 2 is 1.69 bits per heavy atom. The Bertz CT molecular complexity index is 142. The van der Waals surface area contributed by atoms with Crippen LogP contribution in [0.25, 0.3) is 0 Å². The second kappa shape index (κ2) is 8.98. The molecule has 0 saturated heterocycles. The number of carbonyl (C=O) groups is 1. The summed E-state index contributed by atoms with van der Waals surface area (Å²) >= 11 is 0. The van der Waals surface area contributed by atoms with E-state index < -0.39 is 25.0 Å². The zero-order chi connectivity index (χ0) is 10.9. The van der Waals surface area contributed by atoms with Gasteiger partial charge in [0.1, 0.15) is 6.10 Å². The Balaban J connectivity index is 0. The van der Waals surface area contributed by atoms with Crippen LogP contribution in [-0.2, 0) is 0 Å². The first-order valence-electron chi connectivity index (χ1n) is 3.45. The third-order valence-electron chi connectivity index (χ3n) is 1.04. The maximum Gasteiger partial charge on any atom is 0.503 e. The van der Waals surface area contributed by atoms with Crippen LogP contribution in [0, 0.1) is 0 Å². The van der Waals surface area contributed by atoms with E-state index in [1.807, 2.05) is 0 Å². The van der Waals surface area contributed by atoms with Crippen molar-refractivity contribution < 1.29 is 30.3 Å². The fourth-order valence-electron chi connectivity index (χ4n) is 0.450. The summed E-state index contributed by atoms with van der Waals surface area (Å²) in [5, 5.41) is 39.8. The van der Waals surface area contributed by atoms with E-state index in [9.17, 15) is 0 Å². The largest absolute Gasteiger partial charge is 0.503 e. The zero-order valence-corrected chi connectivity index (χ0v) is 7.00. The fraction of sp³-hybridized carbons (Fsp3) is 0.571. The zero-order valence-electron chi connectivity index (χ0n) is 7.00. The number of hydrogen-bond donors (Lipinski definition) is 5. The van der Waals surface area contributed by atoms with Gasteiger partial charge >= 0.3 is 6.16 Å². The first-order chi connectivity index (χ1) is 5.95. The monoisotopic (exact) mass is 194 g/mol. The van der Waals surface area contributed by atoms with Crippen molar-refractivity contribution in [3.05, 3.63) is 12.7 Å². The van der Waals surface area contributed by atoms with Gasteiger partial charge in [-0.15, -0.1) is 6.58 Å². The maximum atomic E-state index is 8.84. The van der Waals surface area contributed by atoms with Gasteiger partial charge in [-0.25, -0.2) is 4.79 Å². The molecule has 78 valence electrons. The van der Waals surface area contributed by atoms with Crippen LogP contribution in [0.5, 0.6) is 0 Å². The SMILES string of the molecule is C=CCC(O)C(O)CO.O=C(O)O. The van der Waals surface area contributed by atoms with E-state index in [0.29, 0.717) is 6.42 Å². The average Bonchev–Trinajstić information content (AvgIpc) is 2.02. The number of carboxylic acid groups (broad SMARTS) is 2. The highest BCUT2D eigenvalue weighted by Crippen LogP contribution is 1.97. The van der Waals surface area contributed by atoms with Crippen LogP contribution in [0.3, 0.4) is 0 Å². The summed E-state index contributed by atoms with van der Waals surface area (Å²) in [6.45, 7) is 2.96. The average molecular weight is 194 g/mol. The van der Waals surface area contributed by atoms with Gasteiger partial charge in [0.05, 0.1) is 12.7 Å². The molecule has 0 aromatic carbocycles. The lowest BCUT2D eigenvalue weighted by Crippen LogP contribution is -2.28. The molecule has 0 spiro atoms. The summed E-state index contributed by atoms with van der Waals surface area (Å²) < 4.78 is 0. The second-order valence-corrected chi connectivity index (χ2v) is 2.12. The highest BCUT2D eigenvalue weighted by molar-refractivity contribution is 5.53. The Morgan fingerprint density at radius 3 is 1.92 bits per heavy atom. The summed E-state index contributed by atoms with van der Waals surface area (Å²) in [6.07, 6.45) is -1.96. The molecule has 0 rings (SSSR count). The van der Waals surface area contributed by atoms with E-state index in [4.69, 9.17) is 30.3 Å². The molecule has 0 fully saturated rings. The minimum Gasteiger partial charge on any atom is -0.450 e. The molecule has 0 radical (unpaired) electrons. The lowest BCUT2D eigenvalue weighted by atomic mass is 10.1. The van der Waals surface area contributed by atoms with Crippen molar-refractivity contribution in [2.45, 2.75) is 18.6 Å². The third-order valence-corrected chi connectivity index (χ3v) is 1.04. The molecular weight excluding hydrogens is 180 g/mol. The maximum absolute atomic E-state index is 8.84. The highest BCUT2D eigenvalue weighted by atomic mass is 16.6. The molecule has 0 aromatic heterocycles. The molecule has 0 aliphatic rings. The van der Waals surface area contributed by atoms with Gasteiger partial charge in [-0.2, -0.15) is 0 Å². The van der Waals surface area contributed by atoms with E-state index in [1.54, 1.807) is 0 Å². The van der Waals surface area contributed by atoms with Crippen LogP contribution < -0.4 is 0 Å². The molecule has 5 N–H and O–H groups in total. The van der Waals surface area contributed by atoms with Crippen molar-refractivity contribution in [1.29, 1.82) is 0 Å². The van der Waals surface area contributed by atoms with E-state index >= 15 is 0 Å². The lowest BCUT2D eigenvalue weighted by Gasteiger charge is -2.12. The van der Waals surface area contributed by atoms with Gasteiger partial charge in [0.25, 0.3) is 0 Å². The number of aliphatic hydroxyl groups excluding tert-OH is 3. The predicted molar refractivity (Wildman–Crippen MR) is 44.6 cm³/mol. The predicted octanol–water partition coefficient (Wildman–Crippen LogP) is -0.501. The van der Waals surface area contributed by atoms with Gasteiger partial charge < -0.3 is 25.5 Å². The lowest BCUT2D eigenvalue weighted by molar-refractivity contribution is -0.0119. The van der Waals surface area contributed by atoms with E-state index in [0.717, 1.165) is 0 Å². The van der Waals surface area contributed by atoms with Crippen LogP contribution in [0.15, 0.2) is 12.7 Å². The van der Waals surface area contributed by atoms with Gasteiger partial charge in [0.15, 0.2) is 0 Å². The van der Waals surface area contributed by atoms with Crippen LogP contribution in [0.1, 0.15) is 6.42 Å². The normalized spacial score (nSPS) is 13.5. The molecule has 0 heterocycles. The Labute approximate surface area is 75.4 Å². The summed E-state index contributed by atoms with van der Waals surface area (Å²) in [6, 6.07) is 0. The smallest absolute Gasteiger partial charge is 0.450 e. The summed E-state index contributed by atoms with van der Waals surface area (Å²) in [5.41, 5.74) is 0. The summed E-state index contributed by atoms with van der Waals surface area (Å²) in [4.78, 5) is 8.56. The van der Waals surface area contributed by atoms with Gasteiger partial charge in [0.2, 0.25) is 0 Å². The molecule has 2 unspecified atom stereocenters. The van der Waals surface area contributed by atoms with Crippen molar-refractivity contribution in [3.63, 3.8) is 0 Å². The molecule has 0 saturated carbocycles. The molecule has 13 heavy (non-hydrogen) atoms. The van der Waals surface area contributed by atoms with Gasteiger partial charge in [-0.1, -0.05) is 6.08 Å². The van der Waals surface area contributed by atoms with E-state index in [-0.39, 0.29) is 0 Å². The molecule has 6 heteroatoms. The molecule has 0 aliphatic heterocycles. The topological polar surface area (TPSA) is 118 Å². The molecule has 6 nitrogen and oxygen atoms in total. The van der Waals surface area contributed by atoms with Crippen molar-refractivity contribution in [2.75, 3.05) is 6.61 Å². The first-order valence-corrected chi connectivity index (χ1v) is 3.45. The number of aliphatic hydroxyl groups is 3. The Kier molecular flexibility index (Phi) is 9.96. The number of rotatable bonds is 4. The fourth-order valence-corrected chi connectivity index (χ4v) is 0.450. The van der Waals surface area contributed by atoms with Crippen LogP contribution in [-0.4, -0.2) is 50.5 Å². The number of hydrogen-bond acceptors (Lipinski definition) is 4. The van der Waals surface area contributed by atoms with E-state index in [2.05, 4.69) is 6.58 Å². The molecule has 0 aromatic rings. The summed E-state index contributed by atoms with van der Waals surface area (Å²) in [5.74, 6) is 0. The quantitative estimate of drug-likeness (QED) is 0.385.